The van der Waals surface area contributed by atoms with Gasteiger partial charge in [0.05, 0.1) is 23.4 Å². The van der Waals surface area contributed by atoms with Gasteiger partial charge in [-0.2, -0.15) is 0 Å². The van der Waals surface area contributed by atoms with Crippen LogP contribution in [0, 0.1) is 5.92 Å². The van der Waals surface area contributed by atoms with Crippen LogP contribution < -0.4 is 11.1 Å². The van der Waals surface area contributed by atoms with Crippen LogP contribution in [0.4, 0.5) is 11.4 Å². The molecule has 4 heteroatoms. The van der Waals surface area contributed by atoms with Gasteiger partial charge in [0.1, 0.15) is 0 Å². The molecule has 4 nitrogen and oxygen atoms in total. The van der Waals surface area contributed by atoms with E-state index < -0.39 is 0 Å². The van der Waals surface area contributed by atoms with Crippen LogP contribution >= 0.6 is 0 Å². The molecule has 2 rings (SSSR count). The molecule has 0 aliphatic heterocycles. The Bertz CT molecular complexity index is 392. The summed E-state index contributed by atoms with van der Waals surface area (Å²) in [4.78, 5) is 11.8. The molecule has 16 heavy (non-hydrogen) atoms. The molecule has 1 aliphatic carbocycles. The van der Waals surface area contributed by atoms with Gasteiger partial charge >= 0.3 is 0 Å². The van der Waals surface area contributed by atoms with Gasteiger partial charge in [-0.15, -0.1) is 0 Å². The fourth-order valence-corrected chi connectivity index (χ4v) is 1.68. The minimum absolute atomic E-state index is 0.00338. The van der Waals surface area contributed by atoms with Gasteiger partial charge in [-0.05, 0) is 25.5 Å². The molecule has 2 atom stereocenters. The number of benzene rings is 1. The lowest BCUT2D eigenvalue weighted by Gasteiger charge is -2.07. The van der Waals surface area contributed by atoms with Crippen molar-refractivity contribution in [2.75, 3.05) is 17.7 Å². The number of nitrogens with two attached hydrogens (primary N) is 1. The van der Waals surface area contributed by atoms with E-state index in [-0.39, 0.29) is 17.9 Å². The summed E-state index contributed by atoms with van der Waals surface area (Å²) in [5, 5.41) is 2.82. The van der Waals surface area contributed by atoms with Crippen LogP contribution in [0.25, 0.3) is 0 Å². The van der Waals surface area contributed by atoms with E-state index in [0.29, 0.717) is 18.0 Å². The van der Waals surface area contributed by atoms with Gasteiger partial charge in [0.25, 0.3) is 0 Å². The molecule has 0 saturated heterocycles. The highest BCUT2D eigenvalue weighted by Gasteiger charge is 2.43. The van der Waals surface area contributed by atoms with Gasteiger partial charge in [-0.3, -0.25) is 4.79 Å². The Morgan fingerprint density at radius 2 is 2.31 bits per heavy atom. The number of nitrogen functional groups attached to an aromatic ring is 1. The van der Waals surface area contributed by atoms with Gasteiger partial charge in [-0.1, -0.05) is 12.1 Å². The predicted octanol–water partition coefficient (Wildman–Crippen LogP) is 1.63. The zero-order valence-corrected chi connectivity index (χ0v) is 9.27. The molecule has 1 aromatic carbocycles. The zero-order valence-electron chi connectivity index (χ0n) is 9.27. The highest BCUT2D eigenvalue weighted by molar-refractivity contribution is 5.97. The van der Waals surface area contributed by atoms with Crippen molar-refractivity contribution >= 4 is 17.3 Å². The number of ether oxygens (including phenoxy) is 1. The monoisotopic (exact) mass is 220 g/mol. The van der Waals surface area contributed by atoms with Gasteiger partial charge in [0, 0.05) is 6.61 Å². The highest BCUT2D eigenvalue weighted by Crippen LogP contribution is 2.35. The molecule has 1 aromatic rings. The number of carbonyl (C=O) groups excluding carboxylic acids is 1. The molecule has 86 valence electrons. The van der Waals surface area contributed by atoms with Crippen LogP contribution in [0.2, 0.25) is 0 Å². The molecule has 0 aromatic heterocycles. The Hall–Kier alpha value is -1.55. The first-order valence-corrected chi connectivity index (χ1v) is 5.49. The maximum atomic E-state index is 11.8. The molecule has 0 heterocycles. The van der Waals surface area contributed by atoms with E-state index in [1.54, 1.807) is 12.1 Å². The van der Waals surface area contributed by atoms with Crippen LogP contribution in [-0.2, 0) is 9.53 Å². The maximum Gasteiger partial charge on any atom is 0.230 e. The molecule has 0 radical (unpaired) electrons. The molecule has 1 amide bonds. The third kappa shape index (κ3) is 2.33. The number of anilines is 2. The van der Waals surface area contributed by atoms with Gasteiger partial charge in [0.15, 0.2) is 0 Å². The van der Waals surface area contributed by atoms with Crippen molar-refractivity contribution in [3.63, 3.8) is 0 Å². The van der Waals surface area contributed by atoms with E-state index in [1.165, 1.54) is 0 Å². The molecule has 3 N–H and O–H groups in total. The van der Waals surface area contributed by atoms with Crippen molar-refractivity contribution in [1.82, 2.24) is 0 Å². The standard InChI is InChI=1S/C12H16N2O2/c1-2-16-11-7-8(11)12(15)14-10-6-4-3-5-9(10)13/h3-6,8,11H,2,7,13H2,1H3,(H,14,15). The first kappa shape index (κ1) is 11.0. The molecular weight excluding hydrogens is 204 g/mol. The van der Waals surface area contributed by atoms with Gasteiger partial charge < -0.3 is 15.8 Å². The molecule has 0 spiro atoms. The minimum Gasteiger partial charge on any atom is -0.397 e. The summed E-state index contributed by atoms with van der Waals surface area (Å²) in [6.45, 7) is 2.59. The summed E-state index contributed by atoms with van der Waals surface area (Å²) in [5.74, 6) is -0.0177. The Labute approximate surface area is 94.8 Å². The first-order chi connectivity index (χ1) is 7.72. The molecule has 1 saturated carbocycles. The lowest BCUT2D eigenvalue weighted by Crippen LogP contribution is -2.17. The second kappa shape index (κ2) is 4.53. The minimum atomic E-state index is -0.0143. The molecule has 1 fully saturated rings. The van der Waals surface area contributed by atoms with Crippen LogP contribution in [0.5, 0.6) is 0 Å². The SMILES string of the molecule is CCOC1CC1C(=O)Nc1ccccc1N. The van der Waals surface area contributed by atoms with E-state index in [1.807, 2.05) is 19.1 Å². The van der Waals surface area contributed by atoms with E-state index in [4.69, 9.17) is 10.5 Å². The summed E-state index contributed by atoms with van der Waals surface area (Å²) in [6, 6.07) is 7.25. The van der Waals surface area contributed by atoms with E-state index >= 15 is 0 Å². The second-order valence-electron chi connectivity index (χ2n) is 3.91. The molecule has 0 bridgehead atoms. The topological polar surface area (TPSA) is 64.3 Å². The van der Waals surface area contributed by atoms with Crippen molar-refractivity contribution in [2.24, 2.45) is 5.92 Å². The number of rotatable bonds is 4. The van der Waals surface area contributed by atoms with E-state index in [0.717, 1.165) is 6.42 Å². The fraction of sp³-hybridized carbons (Fsp3) is 0.417. The van der Waals surface area contributed by atoms with Gasteiger partial charge in [0.2, 0.25) is 5.91 Å². The first-order valence-electron chi connectivity index (χ1n) is 5.49. The number of amides is 1. The van der Waals surface area contributed by atoms with Crippen molar-refractivity contribution < 1.29 is 9.53 Å². The van der Waals surface area contributed by atoms with Crippen LogP contribution in [0.15, 0.2) is 24.3 Å². The molecule has 1 aliphatic rings. The summed E-state index contributed by atoms with van der Waals surface area (Å²) < 4.78 is 5.36. The maximum absolute atomic E-state index is 11.8. The largest absolute Gasteiger partial charge is 0.397 e. The fourth-order valence-electron chi connectivity index (χ4n) is 1.68. The normalized spacial score (nSPS) is 22.8. The Morgan fingerprint density at radius 3 is 3.00 bits per heavy atom. The lowest BCUT2D eigenvalue weighted by atomic mass is 10.2. The van der Waals surface area contributed by atoms with Crippen LogP contribution in [0.3, 0.4) is 0 Å². The van der Waals surface area contributed by atoms with E-state index in [2.05, 4.69) is 5.32 Å². The Morgan fingerprint density at radius 1 is 1.56 bits per heavy atom. The lowest BCUT2D eigenvalue weighted by molar-refractivity contribution is -0.118. The summed E-state index contributed by atoms with van der Waals surface area (Å²) >= 11 is 0. The summed E-state index contributed by atoms with van der Waals surface area (Å²) in [7, 11) is 0. The van der Waals surface area contributed by atoms with Crippen molar-refractivity contribution in [1.29, 1.82) is 0 Å². The van der Waals surface area contributed by atoms with Crippen molar-refractivity contribution in [2.45, 2.75) is 19.4 Å². The average molecular weight is 220 g/mol. The Kier molecular flexibility index (Phi) is 3.10. The third-order valence-corrected chi connectivity index (χ3v) is 2.67. The van der Waals surface area contributed by atoms with E-state index in [9.17, 15) is 4.79 Å². The highest BCUT2D eigenvalue weighted by atomic mass is 16.5. The second-order valence-corrected chi connectivity index (χ2v) is 3.91. The Balaban J connectivity index is 1.92. The molecular formula is C12H16N2O2. The van der Waals surface area contributed by atoms with Crippen LogP contribution in [0.1, 0.15) is 13.3 Å². The summed E-state index contributed by atoms with van der Waals surface area (Å²) in [5.41, 5.74) is 7.00. The number of nitrogens with one attached hydrogen (secondary N) is 1. The van der Waals surface area contributed by atoms with Crippen LogP contribution in [-0.4, -0.2) is 18.6 Å². The summed E-state index contributed by atoms with van der Waals surface area (Å²) in [6.07, 6.45) is 0.904. The van der Waals surface area contributed by atoms with Crippen molar-refractivity contribution in [3.8, 4) is 0 Å². The quantitative estimate of drug-likeness (QED) is 0.758. The molecule has 2 unspecified atom stereocenters. The smallest absolute Gasteiger partial charge is 0.230 e. The number of para-hydroxylation sites is 2. The van der Waals surface area contributed by atoms with Gasteiger partial charge in [-0.25, -0.2) is 0 Å². The third-order valence-electron chi connectivity index (χ3n) is 2.67. The van der Waals surface area contributed by atoms with Crippen molar-refractivity contribution in [3.05, 3.63) is 24.3 Å². The predicted molar refractivity (Wildman–Crippen MR) is 63.0 cm³/mol. The zero-order chi connectivity index (χ0) is 11.5. The average Bonchev–Trinajstić information content (AvgIpc) is 3.01. The number of hydrogen-bond acceptors (Lipinski definition) is 3. The number of carbonyl (C=O) groups is 1. The number of hydrogen-bond donors (Lipinski definition) is 2.